The lowest BCUT2D eigenvalue weighted by Gasteiger charge is -2.16. The van der Waals surface area contributed by atoms with Crippen LogP contribution in [0.15, 0.2) is 70.5 Å². The van der Waals surface area contributed by atoms with E-state index >= 15 is 0 Å². The third kappa shape index (κ3) is 5.37. The number of ether oxygens (including phenoxy) is 1. The van der Waals surface area contributed by atoms with Crippen LogP contribution in [0.5, 0.6) is 11.6 Å². The van der Waals surface area contributed by atoms with Crippen LogP contribution in [-0.4, -0.2) is 24.5 Å². The number of hydrogen-bond donors (Lipinski definition) is 0. The summed E-state index contributed by atoms with van der Waals surface area (Å²) in [7, 11) is 0. The van der Waals surface area contributed by atoms with Gasteiger partial charge in [-0.2, -0.15) is 4.98 Å². The minimum absolute atomic E-state index is 0.137. The fraction of sp³-hybridized carbons (Fsp3) is 0.200. The van der Waals surface area contributed by atoms with E-state index < -0.39 is 0 Å². The molecule has 2 aromatic heterocycles. The van der Waals surface area contributed by atoms with E-state index in [2.05, 4.69) is 13.8 Å². The molecule has 39 heavy (non-hydrogen) atoms. The molecule has 0 atom stereocenters. The van der Waals surface area contributed by atoms with E-state index in [-0.39, 0.29) is 35.4 Å². The molecule has 4 aromatic rings. The standard InChI is InChI=1S/C30H26ClN3O3S2/c1-17(2)21-12-11-18(3)14-24(21)37-27-22(28(35)33-13-7-8-19(4)26(33)32-27)15-25-29(36)34(30(38)39-25)16-20-9-5-6-10-23(20)31/h5-15,17H,16H2,1-4H3/b25-15+. The monoisotopic (exact) mass is 575 g/mol. The lowest BCUT2D eigenvalue weighted by atomic mass is 10.0. The molecule has 0 aliphatic carbocycles. The van der Waals surface area contributed by atoms with Crippen molar-refractivity contribution < 1.29 is 9.53 Å². The zero-order chi connectivity index (χ0) is 27.8. The third-order valence-corrected chi connectivity index (χ3v) is 8.23. The van der Waals surface area contributed by atoms with Gasteiger partial charge in [0.25, 0.3) is 11.5 Å². The average Bonchev–Trinajstić information content (AvgIpc) is 3.15. The molecule has 6 nitrogen and oxygen atoms in total. The summed E-state index contributed by atoms with van der Waals surface area (Å²) < 4.78 is 8.24. The number of thioether (sulfide) groups is 1. The predicted molar refractivity (Wildman–Crippen MR) is 162 cm³/mol. The lowest BCUT2D eigenvalue weighted by Crippen LogP contribution is -2.27. The van der Waals surface area contributed by atoms with Gasteiger partial charge in [-0.15, -0.1) is 0 Å². The third-order valence-electron chi connectivity index (χ3n) is 6.48. The molecular formula is C30H26ClN3O3S2. The van der Waals surface area contributed by atoms with Crippen molar-refractivity contribution in [3.63, 3.8) is 0 Å². The zero-order valence-electron chi connectivity index (χ0n) is 21.9. The first-order chi connectivity index (χ1) is 18.6. The van der Waals surface area contributed by atoms with Gasteiger partial charge in [-0.3, -0.25) is 18.9 Å². The van der Waals surface area contributed by atoms with Gasteiger partial charge in [0, 0.05) is 11.2 Å². The maximum absolute atomic E-state index is 13.8. The quantitative estimate of drug-likeness (QED) is 0.178. The summed E-state index contributed by atoms with van der Waals surface area (Å²) >= 11 is 13.0. The number of benzene rings is 2. The van der Waals surface area contributed by atoms with Crippen LogP contribution in [0.1, 0.15) is 47.6 Å². The van der Waals surface area contributed by atoms with E-state index in [1.54, 1.807) is 18.3 Å². The highest BCUT2D eigenvalue weighted by Crippen LogP contribution is 2.37. The Labute approximate surface area is 241 Å². The van der Waals surface area contributed by atoms with E-state index in [9.17, 15) is 9.59 Å². The second-order valence-corrected chi connectivity index (χ2v) is 11.8. The molecule has 0 N–H and O–H groups in total. The van der Waals surface area contributed by atoms with Crippen molar-refractivity contribution in [3.8, 4) is 11.6 Å². The van der Waals surface area contributed by atoms with E-state index in [4.69, 9.17) is 33.5 Å². The van der Waals surface area contributed by atoms with Crippen LogP contribution in [0.25, 0.3) is 11.7 Å². The average molecular weight is 576 g/mol. The van der Waals surface area contributed by atoms with E-state index in [0.717, 1.165) is 34.0 Å². The number of thiocarbonyl (C=S) groups is 1. The number of pyridine rings is 1. The van der Waals surface area contributed by atoms with Gasteiger partial charge in [0.15, 0.2) is 0 Å². The van der Waals surface area contributed by atoms with Crippen LogP contribution in [0.2, 0.25) is 5.02 Å². The summed E-state index contributed by atoms with van der Waals surface area (Å²) in [6.07, 6.45) is 3.20. The molecule has 1 amide bonds. The number of carbonyl (C=O) groups excluding carboxylic acids is 1. The predicted octanol–water partition coefficient (Wildman–Crippen LogP) is 7.28. The van der Waals surface area contributed by atoms with Gasteiger partial charge < -0.3 is 4.74 Å². The first-order valence-electron chi connectivity index (χ1n) is 12.4. The van der Waals surface area contributed by atoms with Crippen molar-refractivity contribution in [2.45, 2.75) is 40.2 Å². The van der Waals surface area contributed by atoms with Gasteiger partial charge in [0.05, 0.1) is 11.4 Å². The van der Waals surface area contributed by atoms with Crippen LogP contribution < -0.4 is 10.3 Å². The molecule has 198 valence electrons. The smallest absolute Gasteiger partial charge is 0.269 e. The molecule has 1 fully saturated rings. The van der Waals surface area contributed by atoms with Crippen molar-refractivity contribution in [1.29, 1.82) is 0 Å². The maximum Gasteiger partial charge on any atom is 0.269 e. The second kappa shape index (κ2) is 11.0. The first kappa shape index (κ1) is 27.1. The van der Waals surface area contributed by atoms with Gasteiger partial charge in [-0.25, -0.2) is 0 Å². The van der Waals surface area contributed by atoms with Gasteiger partial charge in [-0.05, 0) is 66.3 Å². The van der Waals surface area contributed by atoms with Crippen molar-refractivity contribution in [2.75, 3.05) is 0 Å². The Kier molecular flexibility index (Phi) is 7.62. The van der Waals surface area contributed by atoms with Crippen LogP contribution in [0.4, 0.5) is 0 Å². The molecular weight excluding hydrogens is 550 g/mol. The molecule has 9 heteroatoms. The van der Waals surface area contributed by atoms with Crippen molar-refractivity contribution in [3.05, 3.63) is 109 Å². The van der Waals surface area contributed by atoms with Crippen LogP contribution in [0, 0.1) is 13.8 Å². The number of hydrogen-bond acceptors (Lipinski definition) is 6. The van der Waals surface area contributed by atoms with Gasteiger partial charge in [-0.1, -0.05) is 85.8 Å². The summed E-state index contributed by atoms with van der Waals surface area (Å²) in [6, 6.07) is 17.0. The van der Waals surface area contributed by atoms with E-state index in [1.807, 2.05) is 56.3 Å². The minimum Gasteiger partial charge on any atom is -0.438 e. The summed E-state index contributed by atoms with van der Waals surface area (Å²) in [5.41, 5.74) is 3.94. The molecule has 0 spiro atoms. The Morgan fingerprint density at radius 3 is 2.62 bits per heavy atom. The van der Waals surface area contributed by atoms with Crippen LogP contribution in [-0.2, 0) is 11.3 Å². The number of aryl methyl sites for hydroxylation is 2. The maximum atomic E-state index is 13.8. The summed E-state index contributed by atoms with van der Waals surface area (Å²) in [4.78, 5) is 33.8. The number of carbonyl (C=O) groups is 1. The second-order valence-electron chi connectivity index (χ2n) is 9.68. The molecule has 1 saturated heterocycles. The topological polar surface area (TPSA) is 63.9 Å². The number of nitrogens with zero attached hydrogens (tertiary/aromatic N) is 3. The Hall–Kier alpha value is -3.46. The number of amides is 1. The molecule has 2 aromatic carbocycles. The molecule has 0 saturated carbocycles. The summed E-state index contributed by atoms with van der Waals surface area (Å²) in [5, 5.41) is 0.553. The highest BCUT2D eigenvalue weighted by molar-refractivity contribution is 8.26. The lowest BCUT2D eigenvalue weighted by molar-refractivity contribution is -0.122. The van der Waals surface area contributed by atoms with E-state index in [1.165, 1.54) is 15.4 Å². The molecule has 1 aliphatic heterocycles. The van der Waals surface area contributed by atoms with Gasteiger partial charge in [0.1, 0.15) is 21.3 Å². The fourth-order valence-corrected chi connectivity index (χ4v) is 5.80. The number of halogens is 1. The van der Waals surface area contributed by atoms with Gasteiger partial charge in [0.2, 0.25) is 5.88 Å². The molecule has 1 aliphatic rings. The number of aromatic nitrogens is 2. The largest absolute Gasteiger partial charge is 0.438 e. The molecule has 0 radical (unpaired) electrons. The minimum atomic E-state index is -0.339. The summed E-state index contributed by atoms with van der Waals surface area (Å²) in [6.45, 7) is 8.26. The van der Waals surface area contributed by atoms with Crippen molar-refractivity contribution >= 4 is 57.5 Å². The molecule has 0 unspecified atom stereocenters. The molecule has 3 heterocycles. The highest BCUT2D eigenvalue weighted by atomic mass is 35.5. The SMILES string of the molecule is Cc1ccc(C(C)C)c(Oc2nc3c(C)cccn3c(=O)c2/C=C2/SC(=S)N(Cc3ccccc3Cl)C2=O)c1. The van der Waals surface area contributed by atoms with Crippen LogP contribution in [0.3, 0.4) is 0 Å². The molecule has 5 rings (SSSR count). The Bertz CT molecular complexity index is 1730. The Morgan fingerprint density at radius 2 is 1.87 bits per heavy atom. The summed E-state index contributed by atoms with van der Waals surface area (Å²) in [5.74, 6) is 0.644. The molecule has 0 bridgehead atoms. The van der Waals surface area contributed by atoms with Crippen molar-refractivity contribution in [1.82, 2.24) is 14.3 Å². The normalized spacial score (nSPS) is 14.7. The van der Waals surface area contributed by atoms with Gasteiger partial charge >= 0.3 is 0 Å². The zero-order valence-corrected chi connectivity index (χ0v) is 24.3. The highest BCUT2D eigenvalue weighted by Gasteiger charge is 2.33. The Balaban J connectivity index is 1.62. The number of rotatable bonds is 6. The van der Waals surface area contributed by atoms with Crippen LogP contribution >= 0.6 is 35.6 Å². The first-order valence-corrected chi connectivity index (χ1v) is 14.0. The van der Waals surface area contributed by atoms with Crippen molar-refractivity contribution in [2.24, 2.45) is 0 Å². The number of fused-ring (bicyclic) bond motifs is 1. The van der Waals surface area contributed by atoms with E-state index in [0.29, 0.717) is 25.6 Å². The fourth-order valence-electron chi connectivity index (χ4n) is 4.37. The Morgan fingerprint density at radius 1 is 1.10 bits per heavy atom.